The summed E-state index contributed by atoms with van der Waals surface area (Å²) in [4.78, 5) is 14.7. The van der Waals surface area contributed by atoms with Crippen molar-refractivity contribution in [1.82, 2.24) is 9.21 Å². The number of sulfonamides is 1. The van der Waals surface area contributed by atoms with Gasteiger partial charge < -0.3 is 4.90 Å². The molecule has 0 N–H and O–H groups in total. The van der Waals surface area contributed by atoms with Crippen LogP contribution in [0.15, 0.2) is 53.4 Å². The fourth-order valence-electron chi connectivity index (χ4n) is 4.02. The highest BCUT2D eigenvalue weighted by Crippen LogP contribution is 2.45. The molecule has 154 valence electrons. The predicted molar refractivity (Wildman–Crippen MR) is 112 cm³/mol. The number of carbonyl (C=O) groups excluding carboxylic acids is 1. The standard InChI is InChI=1S/C21H23FN2O3S2/c1-16-5-7-19(8-6-16)29(26,27)23-11-9-21(10-12-23)24(13-14-28-21)20(25)17-3-2-4-18(22)15-17/h2-8,15H,9-14H2,1H3. The van der Waals surface area contributed by atoms with Gasteiger partial charge in [0.05, 0.1) is 9.77 Å². The van der Waals surface area contributed by atoms with Crippen LogP contribution in [0.25, 0.3) is 0 Å². The van der Waals surface area contributed by atoms with E-state index in [1.807, 2.05) is 11.8 Å². The molecule has 0 atom stereocenters. The quantitative estimate of drug-likeness (QED) is 0.742. The molecule has 2 aliphatic rings. The Hall–Kier alpha value is -1.90. The van der Waals surface area contributed by atoms with E-state index in [1.165, 1.54) is 22.5 Å². The molecule has 2 aromatic rings. The summed E-state index contributed by atoms with van der Waals surface area (Å²) in [5, 5.41) is 0. The summed E-state index contributed by atoms with van der Waals surface area (Å²) in [6.07, 6.45) is 1.12. The van der Waals surface area contributed by atoms with Crippen molar-refractivity contribution >= 4 is 27.7 Å². The lowest BCUT2D eigenvalue weighted by atomic mass is 10.0. The molecule has 1 amide bonds. The molecular formula is C21H23FN2O3S2. The SMILES string of the molecule is Cc1ccc(S(=O)(=O)N2CCC3(CC2)SCCN3C(=O)c2cccc(F)c2)cc1. The third-order valence-electron chi connectivity index (χ3n) is 5.66. The van der Waals surface area contributed by atoms with Crippen LogP contribution in [-0.2, 0) is 10.0 Å². The minimum Gasteiger partial charge on any atom is -0.323 e. The molecule has 2 aliphatic heterocycles. The van der Waals surface area contributed by atoms with Gasteiger partial charge in [0.1, 0.15) is 5.82 Å². The van der Waals surface area contributed by atoms with Crippen LogP contribution in [-0.4, -0.2) is 53.8 Å². The molecule has 2 aromatic carbocycles. The van der Waals surface area contributed by atoms with Crippen molar-refractivity contribution in [2.45, 2.75) is 29.5 Å². The average molecular weight is 435 g/mol. The van der Waals surface area contributed by atoms with Crippen LogP contribution >= 0.6 is 11.8 Å². The highest BCUT2D eigenvalue weighted by atomic mass is 32.2. The Balaban J connectivity index is 1.51. The number of aryl methyl sites for hydroxylation is 1. The zero-order chi connectivity index (χ0) is 20.6. The van der Waals surface area contributed by atoms with Crippen molar-refractivity contribution in [3.63, 3.8) is 0 Å². The van der Waals surface area contributed by atoms with E-state index < -0.39 is 20.7 Å². The topological polar surface area (TPSA) is 57.7 Å². The minimum atomic E-state index is -3.55. The Kier molecular flexibility index (Phi) is 5.44. The molecule has 2 heterocycles. The van der Waals surface area contributed by atoms with Gasteiger partial charge >= 0.3 is 0 Å². The number of halogens is 1. The van der Waals surface area contributed by atoms with Crippen LogP contribution in [0.3, 0.4) is 0 Å². The molecule has 29 heavy (non-hydrogen) atoms. The number of rotatable bonds is 3. The molecule has 4 rings (SSSR count). The lowest BCUT2D eigenvalue weighted by molar-refractivity contribution is 0.0604. The van der Waals surface area contributed by atoms with E-state index in [9.17, 15) is 17.6 Å². The largest absolute Gasteiger partial charge is 0.323 e. The summed E-state index contributed by atoms with van der Waals surface area (Å²) in [6.45, 7) is 3.22. The van der Waals surface area contributed by atoms with Crippen LogP contribution in [0, 0.1) is 12.7 Å². The van der Waals surface area contributed by atoms with E-state index in [-0.39, 0.29) is 5.91 Å². The van der Waals surface area contributed by atoms with Crippen molar-refractivity contribution in [2.24, 2.45) is 0 Å². The summed E-state index contributed by atoms with van der Waals surface area (Å²) in [6, 6.07) is 12.6. The molecule has 1 spiro atoms. The normalized spacial score (nSPS) is 19.6. The van der Waals surface area contributed by atoms with Gasteiger partial charge in [0.25, 0.3) is 5.91 Å². The van der Waals surface area contributed by atoms with Gasteiger partial charge in [-0.2, -0.15) is 4.31 Å². The Labute approximate surface area is 174 Å². The zero-order valence-electron chi connectivity index (χ0n) is 16.2. The zero-order valence-corrected chi connectivity index (χ0v) is 17.8. The van der Waals surface area contributed by atoms with Crippen molar-refractivity contribution < 1.29 is 17.6 Å². The number of hydrogen-bond acceptors (Lipinski definition) is 4. The van der Waals surface area contributed by atoms with Gasteiger partial charge in [-0.3, -0.25) is 4.79 Å². The Morgan fingerprint density at radius 2 is 1.76 bits per heavy atom. The third-order valence-corrected chi connectivity index (χ3v) is 9.12. The first-order valence-electron chi connectivity index (χ1n) is 9.60. The Morgan fingerprint density at radius 1 is 1.07 bits per heavy atom. The Bertz CT molecular complexity index is 1020. The van der Waals surface area contributed by atoms with Crippen molar-refractivity contribution in [1.29, 1.82) is 0 Å². The van der Waals surface area contributed by atoms with Gasteiger partial charge in [-0.15, -0.1) is 11.8 Å². The molecule has 0 radical (unpaired) electrons. The van der Waals surface area contributed by atoms with Crippen LogP contribution in [0.4, 0.5) is 4.39 Å². The van der Waals surface area contributed by atoms with E-state index in [2.05, 4.69) is 0 Å². The van der Waals surface area contributed by atoms with E-state index in [4.69, 9.17) is 0 Å². The van der Waals surface area contributed by atoms with Gasteiger partial charge in [-0.1, -0.05) is 23.8 Å². The first-order valence-corrected chi connectivity index (χ1v) is 12.0. The maximum atomic E-state index is 13.6. The Morgan fingerprint density at radius 3 is 2.41 bits per heavy atom. The van der Waals surface area contributed by atoms with E-state index in [0.29, 0.717) is 42.9 Å². The maximum Gasteiger partial charge on any atom is 0.255 e. The monoisotopic (exact) mass is 434 g/mol. The second-order valence-electron chi connectivity index (χ2n) is 7.48. The lowest BCUT2D eigenvalue weighted by Gasteiger charge is -2.43. The smallest absolute Gasteiger partial charge is 0.255 e. The van der Waals surface area contributed by atoms with Gasteiger partial charge in [0.15, 0.2) is 0 Å². The molecule has 8 heteroatoms. The summed E-state index contributed by atoms with van der Waals surface area (Å²) in [5.41, 5.74) is 1.34. The number of hydrogen-bond donors (Lipinski definition) is 0. The average Bonchev–Trinajstić information content (AvgIpc) is 3.11. The third kappa shape index (κ3) is 3.81. The van der Waals surface area contributed by atoms with Crippen molar-refractivity contribution in [3.8, 4) is 0 Å². The molecular weight excluding hydrogens is 411 g/mol. The molecule has 0 aromatic heterocycles. The summed E-state index contributed by atoms with van der Waals surface area (Å²) in [7, 11) is -3.55. The number of benzene rings is 2. The lowest BCUT2D eigenvalue weighted by Crippen LogP contribution is -2.53. The predicted octanol–water partition coefficient (Wildman–Crippen LogP) is 3.50. The molecule has 0 saturated carbocycles. The second-order valence-corrected chi connectivity index (χ2v) is 10.9. The molecule has 2 fully saturated rings. The van der Waals surface area contributed by atoms with E-state index in [1.54, 1.807) is 42.1 Å². The molecule has 2 saturated heterocycles. The van der Waals surface area contributed by atoms with Crippen molar-refractivity contribution in [2.75, 3.05) is 25.4 Å². The van der Waals surface area contributed by atoms with Gasteiger partial charge in [0, 0.05) is 31.0 Å². The highest BCUT2D eigenvalue weighted by Gasteiger charge is 2.48. The van der Waals surface area contributed by atoms with Gasteiger partial charge in [0.2, 0.25) is 10.0 Å². The minimum absolute atomic E-state index is 0.190. The fraction of sp³-hybridized carbons (Fsp3) is 0.381. The number of nitrogens with zero attached hydrogens (tertiary/aromatic N) is 2. The number of thioether (sulfide) groups is 1. The number of amides is 1. The molecule has 0 aliphatic carbocycles. The van der Waals surface area contributed by atoms with Crippen LogP contribution < -0.4 is 0 Å². The van der Waals surface area contributed by atoms with Gasteiger partial charge in [-0.05, 0) is 50.1 Å². The highest BCUT2D eigenvalue weighted by molar-refractivity contribution is 8.00. The van der Waals surface area contributed by atoms with E-state index in [0.717, 1.165) is 11.3 Å². The van der Waals surface area contributed by atoms with Crippen LogP contribution in [0.5, 0.6) is 0 Å². The second kappa shape index (κ2) is 7.74. The number of carbonyl (C=O) groups is 1. The summed E-state index contributed by atoms with van der Waals surface area (Å²) in [5.74, 6) is 0.172. The van der Waals surface area contributed by atoms with Crippen molar-refractivity contribution in [3.05, 3.63) is 65.5 Å². The van der Waals surface area contributed by atoms with E-state index >= 15 is 0 Å². The fourth-order valence-corrected chi connectivity index (χ4v) is 6.92. The molecule has 0 bridgehead atoms. The summed E-state index contributed by atoms with van der Waals surface area (Å²) < 4.78 is 41.0. The van der Waals surface area contributed by atoms with Gasteiger partial charge in [-0.25, -0.2) is 12.8 Å². The van der Waals surface area contributed by atoms with Crippen LogP contribution in [0.1, 0.15) is 28.8 Å². The number of piperidine rings is 1. The maximum absolute atomic E-state index is 13.6. The van der Waals surface area contributed by atoms with Crippen LogP contribution in [0.2, 0.25) is 0 Å². The first kappa shape index (κ1) is 20.4. The molecule has 0 unspecified atom stereocenters. The first-order chi connectivity index (χ1) is 13.8. The summed E-state index contributed by atoms with van der Waals surface area (Å²) >= 11 is 1.70. The molecule has 5 nitrogen and oxygen atoms in total.